The molecule has 0 aromatic heterocycles. The Morgan fingerprint density at radius 3 is 2.60 bits per heavy atom. The van der Waals surface area contributed by atoms with Gasteiger partial charge in [-0.25, -0.2) is 4.39 Å². The van der Waals surface area contributed by atoms with Crippen molar-refractivity contribution in [3.63, 3.8) is 0 Å². The van der Waals surface area contributed by atoms with E-state index in [-0.39, 0.29) is 5.82 Å². The Hall–Kier alpha value is -0.600. The lowest BCUT2D eigenvalue weighted by Crippen LogP contribution is -2.48. The van der Waals surface area contributed by atoms with E-state index in [0.717, 1.165) is 18.7 Å². The lowest BCUT2D eigenvalue weighted by Gasteiger charge is -2.42. The summed E-state index contributed by atoms with van der Waals surface area (Å²) in [5.41, 5.74) is 1.08. The minimum atomic E-state index is -0.260. The Morgan fingerprint density at radius 1 is 1.40 bits per heavy atom. The van der Waals surface area contributed by atoms with E-state index in [9.17, 15) is 4.39 Å². The van der Waals surface area contributed by atoms with Crippen LogP contribution in [0.2, 0.25) is 5.02 Å². The Kier molecular flexibility index (Phi) is 2.98. The molecule has 0 bridgehead atoms. The van der Waals surface area contributed by atoms with Crippen LogP contribution in [0.3, 0.4) is 0 Å². The lowest BCUT2D eigenvalue weighted by molar-refractivity contribution is 0.110. The van der Waals surface area contributed by atoms with Crippen molar-refractivity contribution in [2.45, 2.75) is 25.8 Å². The summed E-state index contributed by atoms with van der Waals surface area (Å²) in [6.07, 6.45) is 0. The first-order chi connectivity index (χ1) is 7.08. The smallest absolute Gasteiger partial charge is 0.124 e. The molecule has 0 radical (unpaired) electrons. The number of benzene rings is 1. The molecular weight excluding hydrogens is 213 g/mol. The van der Waals surface area contributed by atoms with E-state index in [1.54, 1.807) is 6.07 Å². The molecule has 1 aliphatic rings. The van der Waals surface area contributed by atoms with E-state index in [4.69, 9.17) is 11.6 Å². The minimum absolute atomic E-state index is 0.260. The van der Waals surface area contributed by atoms with Crippen LogP contribution in [-0.4, -0.2) is 24.0 Å². The third kappa shape index (κ3) is 2.16. The molecule has 1 fully saturated rings. The van der Waals surface area contributed by atoms with Gasteiger partial charge in [-0.3, -0.25) is 4.90 Å². The van der Waals surface area contributed by atoms with Crippen LogP contribution in [0.5, 0.6) is 0 Å². The number of rotatable bonds is 2. The molecule has 0 unspecified atom stereocenters. The van der Waals surface area contributed by atoms with E-state index >= 15 is 0 Å². The monoisotopic (exact) mass is 227 g/mol. The van der Waals surface area contributed by atoms with Gasteiger partial charge in [-0.2, -0.15) is 0 Å². The van der Waals surface area contributed by atoms with Gasteiger partial charge >= 0.3 is 0 Å². The zero-order valence-electron chi connectivity index (χ0n) is 9.00. The summed E-state index contributed by atoms with van der Waals surface area (Å²) in [6.45, 7) is 6.43. The molecule has 0 atom stereocenters. The second-order valence-electron chi connectivity index (χ2n) is 4.41. The molecular formula is C12H15ClFN. The summed E-state index contributed by atoms with van der Waals surface area (Å²) in [5, 5.41) is 0.559. The second-order valence-corrected chi connectivity index (χ2v) is 4.82. The SMILES string of the molecule is CC(C)N1CC(c2ccc(F)cc2Cl)C1. The van der Waals surface area contributed by atoms with Crippen molar-refractivity contribution in [1.29, 1.82) is 0 Å². The highest BCUT2D eigenvalue weighted by molar-refractivity contribution is 6.31. The van der Waals surface area contributed by atoms with Gasteiger partial charge in [0.2, 0.25) is 0 Å². The third-order valence-corrected chi connectivity index (χ3v) is 3.37. The maximum Gasteiger partial charge on any atom is 0.124 e. The van der Waals surface area contributed by atoms with Crippen LogP contribution in [0.15, 0.2) is 18.2 Å². The van der Waals surface area contributed by atoms with Gasteiger partial charge in [0, 0.05) is 30.1 Å². The van der Waals surface area contributed by atoms with E-state index in [0.29, 0.717) is 17.0 Å². The fourth-order valence-electron chi connectivity index (χ4n) is 1.96. The first kappa shape index (κ1) is 10.9. The molecule has 0 saturated carbocycles. The van der Waals surface area contributed by atoms with Crippen molar-refractivity contribution in [3.8, 4) is 0 Å². The molecule has 1 aliphatic heterocycles. The molecule has 15 heavy (non-hydrogen) atoms. The van der Waals surface area contributed by atoms with Gasteiger partial charge in [-0.05, 0) is 31.5 Å². The Morgan fingerprint density at radius 2 is 2.07 bits per heavy atom. The molecule has 0 spiro atoms. The van der Waals surface area contributed by atoms with Crippen LogP contribution in [0.25, 0.3) is 0 Å². The maximum absolute atomic E-state index is 12.8. The fraction of sp³-hybridized carbons (Fsp3) is 0.500. The highest BCUT2D eigenvalue weighted by Crippen LogP contribution is 2.33. The summed E-state index contributed by atoms with van der Waals surface area (Å²) in [7, 11) is 0. The van der Waals surface area contributed by atoms with Gasteiger partial charge < -0.3 is 0 Å². The largest absolute Gasteiger partial charge is 0.300 e. The van der Waals surface area contributed by atoms with Crippen LogP contribution in [0.4, 0.5) is 4.39 Å². The van der Waals surface area contributed by atoms with Crippen molar-refractivity contribution in [2.24, 2.45) is 0 Å². The highest BCUT2D eigenvalue weighted by Gasteiger charge is 2.30. The fourth-order valence-corrected chi connectivity index (χ4v) is 2.29. The molecule has 82 valence electrons. The van der Waals surface area contributed by atoms with Crippen LogP contribution in [0.1, 0.15) is 25.3 Å². The molecule has 1 aromatic rings. The third-order valence-electron chi connectivity index (χ3n) is 3.04. The van der Waals surface area contributed by atoms with E-state index in [2.05, 4.69) is 18.7 Å². The van der Waals surface area contributed by atoms with Gasteiger partial charge in [0.05, 0.1) is 0 Å². The average molecular weight is 228 g/mol. The van der Waals surface area contributed by atoms with Crippen molar-refractivity contribution >= 4 is 11.6 Å². The van der Waals surface area contributed by atoms with Gasteiger partial charge in [-0.15, -0.1) is 0 Å². The van der Waals surface area contributed by atoms with E-state index in [1.165, 1.54) is 12.1 Å². The van der Waals surface area contributed by atoms with Crippen LogP contribution in [0, 0.1) is 5.82 Å². The average Bonchev–Trinajstić information content (AvgIpc) is 2.05. The molecule has 1 heterocycles. The minimum Gasteiger partial charge on any atom is -0.300 e. The quantitative estimate of drug-likeness (QED) is 0.750. The van der Waals surface area contributed by atoms with Crippen LogP contribution >= 0.6 is 11.6 Å². The van der Waals surface area contributed by atoms with E-state index in [1.807, 2.05) is 0 Å². The molecule has 1 saturated heterocycles. The van der Waals surface area contributed by atoms with Gasteiger partial charge in [0.15, 0.2) is 0 Å². The predicted octanol–water partition coefficient (Wildman–Crippen LogP) is 3.29. The molecule has 3 heteroatoms. The number of halogens is 2. The van der Waals surface area contributed by atoms with Gasteiger partial charge in [0.1, 0.15) is 5.82 Å². The predicted molar refractivity (Wildman–Crippen MR) is 60.9 cm³/mol. The summed E-state index contributed by atoms with van der Waals surface area (Å²) in [4.78, 5) is 2.38. The summed E-state index contributed by atoms with van der Waals surface area (Å²) in [6, 6.07) is 5.27. The molecule has 1 nitrogen and oxygen atoms in total. The van der Waals surface area contributed by atoms with Crippen LogP contribution < -0.4 is 0 Å². The van der Waals surface area contributed by atoms with Crippen molar-refractivity contribution in [3.05, 3.63) is 34.6 Å². The first-order valence-corrected chi connectivity index (χ1v) is 5.64. The highest BCUT2D eigenvalue weighted by atomic mass is 35.5. The van der Waals surface area contributed by atoms with Crippen LogP contribution in [-0.2, 0) is 0 Å². The zero-order valence-corrected chi connectivity index (χ0v) is 9.76. The summed E-state index contributed by atoms with van der Waals surface area (Å²) < 4.78 is 12.8. The Balaban J connectivity index is 2.07. The summed E-state index contributed by atoms with van der Waals surface area (Å²) in [5.74, 6) is 0.212. The number of nitrogens with zero attached hydrogens (tertiary/aromatic N) is 1. The van der Waals surface area contributed by atoms with E-state index < -0.39 is 0 Å². The second kappa shape index (κ2) is 4.11. The van der Waals surface area contributed by atoms with Gasteiger partial charge in [-0.1, -0.05) is 17.7 Å². The molecule has 0 N–H and O–H groups in total. The number of hydrogen-bond acceptors (Lipinski definition) is 1. The summed E-state index contributed by atoms with van der Waals surface area (Å²) >= 11 is 6.01. The standard InChI is InChI=1S/C12H15ClFN/c1-8(2)15-6-9(7-15)11-4-3-10(14)5-12(11)13/h3-5,8-9H,6-7H2,1-2H3. The maximum atomic E-state index is 12.8. The molecule has 2 rings (SSSR count). The topological polar surface area (TPSA) is 3.24 Å². The van der Waals surface area contributed by atoms with Crippen molar-refractivity contribution in [2.75, 3.05) is 13.1 Å². The Bertz CT molecular complexity index is 359. The van der Waals surface area contributed by atoms with Crippen molar-refractivity contribution in [1.82, 2.24) is 4.90 Å². The Labute approximate surface area is 94.8 Å². The molecule has 0 amide bonds. The zero-order chi connectivity index (χ0) is 11.0. The number of likely N-dealkylation sites (tertiary alicyclic amines) is 1. The van der Waals surface area contributed by atoms with Gasteiger partial charge in [0.25, 0.3) is 0 Å². The van der Waals surface area contributed by atoms with Crippen molar-refractivity contribution < 1.29 is 4.39 Å². The molecule has 1 aromatic carbocycles. The normalized spacial score (nSPS) is 18.2. The lowest BCUT2D eigenvalue weighted by atomic mass is 9.90. The number of hydrogen-bond donors (Lipinski definition) is 0. The first-order valence-electron chi connectivity index (χ1n) is 5.27. The molecule has 0 aliphatic carbocycles.